The molecule has 61 heavy (non-hydrogen) atoms. The average Bonchev–Trinajstić information content (AvgIpc) is 3.68. The highest BCUT2D eigenvalue weighted by Crippen LogP contribution is 2.28. The summed E-state index contributed by atoms with van der Waals surface area (Å²) in [7, 11) is 4.78. The molecule has 0 unspecified atom stereocenters. The number of hydrogen-bond donors (Lipinski definition) is 5. The van der Waals surface area contributed by atoms with E-state index in [2.05, 4.69) is 32.5 Å². The molecule has 2 fully saturated rings. The maximum absolute atomic E-state index is 14.3. The molecule has 2 heterocycles. The van der Waals surface area contributed by atoms with Crippen molar-refractivity contribution in [1.82, 2.24) is 30.7 Å². The third kappa shape index (κ3) is 13.2. The molecule has 0 aliphatic carbocycles. The van der Waals surface area contributed by atoms with Crippen LogP contribution in [0.3, 0.4) is 0 Å². The lowest BCUT2D eigenvalue weighted by Crippen LogP contribution is -2.62. The van der Waals surface area contributed by atoms with Gasteiger partial charge in [0.05, 0.1) is 12.2 Å². The van der Waals surface area contributed by atoms with Crippen molar-refractivity contribution in [2.75, 3.05) is 39.1 Å². The number of carbonyl (C=O) groups excluding carboxylic acids is 6. The van der Waals surface area contributed by atoms with Gasteiger partial charge in [0.1, 0.15) is 35.8 Å². The zero-order chi connectivity index (χ0) is 45.9. The van der Waals surface area contributed by atoms with E-state index in [9.17, 15) is 28.8 Å². The Morgan fingerprint density at radius 2 is 1.69 bits per heavy atom. The van der Waals surface area contributed by atoms with Crippen molar-refractivity contribution in [3.63, 3.8) is 0 Å². The summed E-state index contributed by atoms with van der Waals surface area (Å²) in [6.07, 6.45) is 7.34. The second-order valence-corrected chi connectivity index (χ2v) is 17.2. The van der Waals surface area contributed by atoms with Gasteiger partial charge in [-0.1, -0.05) is 40.3 Å². The maximum Gasteiger partial charge on any atom is 0.330 e. The number of nitrogens with one attached hydrogen (secondary N) is 4. The molecular weight excluding hydrogens is 779 g/mol. The monoisotopic (exact) mass is 844 g/mol. The number of rotatable bonds is 17. The van der Waals surface area contributed by atoms with Gasteiger partial charge in [0.25, 0.3) is 5.91 Å². The molecule has 0 radical (unpaired) electrons. The van der Waals surface area contributed by atoms with Crippen LogP contribution < -0.4 is 26.6 Å². The van der Waals surface area contributed by atoms with Crippen molar-refractivity contribution in [1.29, 1.82) is 5.41 Å². The molecule has 1 aromatic carbocycles. The summed E-state index contributed by atoms with van der Waals surface area (Å²) in [5.41, 5.74) is 7.18. The number of aliphatic imine (C=N–C) groups is 2. The summed E-state index contributed by atoms with van der Waals surface area (Å²) in [6.45, 7) is 18.4. The molecule has 7 amide bonds. The predicted octanol–water partition coefficient (Wildman–Crippen LogP) is 3.90. The number of hydrogen-bond acceptors (Lipinski definition) is 9. The highest BCUT2D eigenvalue weighted by Gasteiger charge is 2.42. The number of anilines is 1. The maximum atomic E-state index is 14.3. The van der Waals surface area contributed by atoms with Gasteiger partial charge >= 0.3 is 6.03 Å². The first-order valence-electron chi connectivity index (χ1n) is 20.5. The fourth-order valence-corrected chi connectivity index (χ4v) is 6.97. The third-order valence-electron chi connectivity index (χ3n) is 10.2. The zero-order valence-electron chi connectivity index (χ0n) is 37.6. The minimum atomic E-state index is -1.41. The van der Waals surface area contributed by atoms with Crippen molar-refractivity contribution in [2.24, 2.45) is 27.6 Å². The van der Waals surface area contributed by atoms with Gasteiger partial charge < -0.3 is 36.9 Å². The van der Waals surface area contributed by atoms with E-state index in [1.54, 1.807) is 72.3 Å². The highest BCUT2D eigenvalue weighted by atomic mass is 16.2. The van der Waals surface area contributed by atoms with Gasteiger partial charge in [-0.2, -0.15) is 0 Å². The van der Waals surface area contributed by atoms with Crippen LogP contribution in [0.4, 0.5) is 10.5 Å². The molecule has 3 atom stereocenters. The van der Waals surface area contributed by atoms with Crippen molar-refractivity contribution in [3.05, 3.63) is 65.5 Å². The van der Waals surface area contributed by atoms with Crippen molar-refractivity contribution >= 4 is 59.1 Å². The van der Waals surface area contributed by atoms with Crippen LogP contribution in [0.25, 0.3) is 0 Å². The molecule has 17 nitrogen and oxygen atoms in total. The molecular formula is C44H65N11O6. The lowest BCUT2D eigenvalue weighted by atomic mass is 9.98. The van der Waals surface area contributed by atoms with Gasteiger partial charge in [-0.25, -0.2) is 14.8 Å². The number of nitrogens with two attached hydrogens (primary N) is 1. The number of allylic oxidation sites excluding steroid dienone is 2. The van der Waals surface area contributed by atoms with Crippen LogP contribution in [-0.2, 0) is 19.2 Å². The van der Waals surface area contributed by atoms with Gasteiger partial charge in [-0.05, 0) is 95.1 Å². The fraction of sp³-hybridized carbons (Fsp3) is 0.523. The van der Waals surface area contributed by atoms with Crippen molar-refractivity contribution in [3.8, 4) is 0 Å². The molecule has 0 bridgehead atoms. The largest absolute Gasteiger partial charge is 0.404 e. The Morgan fingerprint density at radius 3 is 2.28 bits per heavy atom. The summed E-state index contributed by atoms with van der Waals surface area (Å²) < 4.78 is 0. The number of likely N-dealkylation sites (N-methyl/N-ethyl adjacent to an activating group) is 2. The molecule has 0 saturated carbocycles. The number of urea groups is 1. The molecule has 6 N–H and O–H groups in total. The predicted molar refractivity (Wildman–Crippen MR) is 239 cm³/mol. The molecule has 0 aromatic heterocycles. The SMILES string of the molecule is C=C(/C=C\C(C)=N)N=CN=C1C(=CN)CN(c2cc(C(=O)N[C@@H](CC(C)C)C(=O)N3CCC[C@H]3C(=O)NC(C)(C)C(=O)N[C@@H](CC(C)C)C(=O)N(C)C)ccc2C)C(=O)N1C. The normalized spacial score (nSPS) is 18.3. The van der Waals surface area contributed by atoms with E-state index < -0.39 is 53.3 Å². The molecule has 17 heteroatoms. The Morgan fingerprint density at radius 1 is 1.05 bits per heavy atom. The van der Waals surface area contributed by atoms with E-state index >= 15 is 0 Å². The lowest BCUT2D eigenvalue weighted by molar-refractivity contribution is -0.142. The van der Waals surface area contributed by atoms with Gasteiger partial charge in [-0.15, -0.1) is 0 Å². The first-order valence-corrected chi connectivity index (χ1v) is 20.5. The fourth-order valence-electron chi connectivity index (χ4n) is 6.97. The number of carbonyl (C=O) groups is 6. The van der Waals surface area contributed by atoms with Gasteiger partial charge in [0.2, 0.25) is 23.6 Å². The lowest BCUT2D eigenvalue weighted by Gasteiger charge is -2.36. The molecule has 2 aliphatic heterocycles. The van der Waals surface area contributed by atoms with Crippen LogP contribution in [0.2, 0.25) is 0 Å². The Balaban J connectivity index is 1.81. The van der Waals surface area contributed by atoms with E-state index in [0.717, 1.165) is 0 Å². The molecule has 1 aromatic rings. The number of aryl methyl sites for hydroxylation is 1. The number of amides is 7. The second-order valence-electron chi connectivity index (χ2n) is 17.2. The van der Waals surface area contributed by atoms with Crippen LogP contribution in [0.1, 0.15) is 90.1 Å². The average molecular weight is 844 g/mol. The first-order chi connectivity index (χ1) is 28.5. The summed E-state index contributed by atoms with van der Waals surface area (Å²) >= 11 is 0. The van der Waals surface area contributed by atoms with E-state index in [1.165, 1.54) is 32.1 Å². The summed E-state index contributed by atoms with van der Waals surface area (Å²) in [6, 6.07) is 1.85. The van der Waals surface area contributed by atoms with Crippen LogP contribution >= 0.6 is 0 Å². The Bertz CT molecular complexity index is 2000. The third-order valence-corrected chi connectivity index (χ3v) is 10.2. The summed E-state index contributed by atoms with van der Waals surface area (Å²) in [4.78, 5) is 96.3. The standard InChI is InChI=1S/C44H65N11O6/c1-26(2)20-33(40(58)52(10)11)50-42(60)44(8,9)51-39(57)35-14-13-19-54(35)41(59)34(21-27(3)4)49-38(56)31-18-15-28(5)36(22-31)55-24-32(23-45)37(53(12)43(55)61)48-25-47-30(7)17-16-29(6)46/h15-18,22-23,25-27,33-35,46H,7,13-14,19-21,24,45H2,1-6,8-12H3,(H,49,56)(H,50,60)(H,51,57)/b17-16-,32-23?,46-29?,47-25?,48-37?/t33-,34-,35-/m0/s1. The number of nitrogens with zero attached hydrogens (tertiary/aromatic N) is 6. The summed E-state index contributed by atoms with van der Waals surface area (Å²) in [5, 5.41) is 16.0. The minimum absolute atomic E-state index is 0.00615. The van der Waals surface area contributed by atoms with Crippen LogP contribution in [-0.4, -0.2) is 126 Å². The molecule has 2 saturated heterocycles. The highest BCUT2D eigenvalue weighted by molar-refractivity contribution is 6.17. The molecule has 332 valence electrons. The van der Waals surface area contributed by atoms with Gasteiger partial charge in [-0.3, -0.25) is 33.8 Å². The Hall–Kier alpha value is -6.13. The van der Waals surface area contributed by atoms with Gasteiger partial charge in [0, 0.05) is 56.4 Å². The molecule has 2 aliphatic rings. The first kappa shape index (κ1) is 49.2. The molecule has 0 spiro atoms. The number of likely N-dealkylation sites (tertiary alicyclic amines) is 1. The van der Waals surface area contributed by atoms with Crippen LogP contribution in [0.5, 0.6) is 0 Å². The van der Waals surface area contributed by atoms with Crippen molar-refractivity contribution in [2.45, 2.75) is 105 Å². The van der Waals surface area contributed by atoms with Crippen molar-refractivity contribution < 1.29 is 28.8 Å². The van der Waals surface area contributed by atoms with E-state index in [4.69, 9.17) is 11.1 Å². The summed E-state index contributed by atoms with van der Waals surface area (Å²) in [5.74, 6) is -1.86. The minimum Gasteiger partial charge on any atom is -0.404 e. The van der Waals surface area contributed by atoms with E-state index in [-0.39, 0.29) is 48.7 Å². The Labute approximate surface area is 360 Å². The van der Waals surface area contributed by atoms with Gasteiger partial charge in [0.15, 0.2) is 0 Å². The number of benzene rings is 1. The number of amidine groups is 1. The van der Waals surface area contributed by atoms with Crippen LogP contribution in [0.15, 0.2) is 64.4 Å². The topological polar surface area (TPSA) is 226 Å². The molecule has 3 rings (SSSR count). The van der Waals surface area contributed by atoms with Crippen LogP contribution in [0, 0.1) is 24.2 Å². The Kier molecular flexibility index (Phi) is 17.3. The second kappa shape index (κ2) is 21.4. The smallest absolute Gasteiger partial charge is 0.330 e. The van der Waals surface area contributed by atoms with E-state index in [0.29, 0.717) is 47.5 Å². The van der Waals surface area contributed by atoms with E-state index in [1.807, 2.05) is 34.6 Å². The zero-order valence-corrected chi connectivity index (χ0v) is 37.6. The quantitative estimate of drug-likeness (QED) is 0.0883.